The van der Waals surface area contributed by atoms with E-state index in [1.165, 1.54) is 18.3 Å². The Morgan fingerprint density at radius 2 is 2.08 bits per heavy atom. The van der Waals surface area contributed by atoms with E-state index < -0.39 is 5.97 Å². The number of nitrogens with one attached hydrogen (secondary N) is 1. The van der Waals surface area contributed by atoms with Crippen molar-refractivity contribution in [3.05, 3.63) is 41.9 Å². The lowest BCUT2D eigenvalue weighted by atomic mass is 10.2. The molecular formula is C15H14N6O4. The van der Waals surface area contributed by atoms with E-state index in [0.717, 1.165) is 0 Å². The lowest BCUT2D eigenvalue weighted by Gasteiger charge is -2.07. The van der Waals surface area contributed by atoms with Gasteiger partial charge < -0.3 is 15.2 Å². The van der Waals surface area contributed by atoms with Gasteiger partial charge in [0.25, 0.3) is 5.88 Å². The molecule has 25 heavy (non-hydrogen) atoms. The topological polar surface area (TPSA) is 136 Å². The predicted molar refractivity (Wildman–Crippen MR) is 85.2 cm³/mol. The zero-order valence-electron chi connectivity index (χ0n) is 13.2. The van der Waals surface area contributed by atoms with E-state index in [9.17, 15) is 4.79 Å². The Labute approximate surface area is 141 Å². The highest BCUT2D eigenvalue weighted by Crippen LogP contribution is 2.16. The zero-order valence-corrected chi connectivity index (χ0v) is 13.2. The standard InChI is InChI=1S/C15H14N6O4/c1-9-13(21-25-20-9)24-7-6-18-15-17-5-3-11(19-15)12-8-10(14(22)23)2-4-16-12/h2-5,8H,6-7H2,1H3,(H,22,23)(H,17,18,19). The SMILES string of the molecule is Cc1nonc1OCCNc1nccc(-c2cc(C(=O)O)ccn2)n1. The number of pyridine rings is 1. The molecule has 0 saturated heterocycles. The minimum absolute atomic E-state index is 0.142. The molecule has 3 aromatic rings. The molecule has 3 aromatic heterocycles. The summed E-state index contributed by atoms with van der Waals surface area (Å²) in [4.78, 5) is 23.6. The fourth-order valence-electron chi connectivity index (χ4n) is 1.96. The second-order valence-electron chi connectivity index (χ2n) is 4.93. The molecule has 2 N–H and O–H groups in total. The lowest BCUT2D eigenvalue weighted by molar-refractivity contribution is 0.0697. The molecule has 128 valence electrons. The Morgan fingerprint density at radius 3 is 2.84 bits per heavy atom. The van der Waals surface area contributed by atoms with Gasteiger partial charge in [-0.05, 0) is 30.3 Å². The van der Waals surface area contributed by atoms with Crippen molar-refractivity contribution in [2.24, 2.45) is 0 Å². The Bertz CT molecular complexity index is 882. The maximum Gasteiger partial charge on any atom is 0.335 e. The smallest absolute Gasteiger partial charge is 0.335 e. The molecular weight excluding hydrogens is 328 g/mol. The third-order valence-corrected chi connectivity index (χ3v) is 3.16. The van der Waals surface area contributed by atoms with Crippen LogP contribution in [0.4, 0.5) is 5.95 Å². The largest absolute Gasteiger partial charge is 0.478 e. The molecule has 3 rings (SSSR count). The van der Waals surface area contributed by atoms with Crippen LogP contribution in [0.3, 0.4) is 0 Å². The van der Waals surface area contributed by atoms with Gasteiger partial charge in [0.2, 0.25) is 5.95 Å². The molecule has 0 fully saturated rings. The number of anilines is 1. The summed E-state index contributed by atoms with van der Waals surface area (Å²) in [6, 6.07) is 4.53. The number of rotatable bonds is 7. The van der Waals surface area contributed by atoms with Crippen LogP contribution in [0.25, 0.3) is 11.4 Å². The summed E-state index contributed by atoms with van der Waals surface area (Å²) in [6.45, 7) is 2.47. The van der Waals surface area contributed by atoms with E-state index in [1.807, 2.05) is 0 Å². The first-order chi connectivity index (χ1) is 12.1. The van der Waals surface area contributed by atoms with Crippen LogP contribution in [0, 0.1) is 6.92 Å². The molecule has 0 unspecified atom stereocenters. The molecule has 0 aliphatic heterocycles. The van der Waals surface area contributed by atoms with Crippen LogP contribution in [0.5, 0.6) is 5.88 Å². The second-order valence-corrected chi connectivity index (χ2v) is 4.93. The summed E-state index contributed by atoms with van der Waals surface area (Å²) in [6.07, 6.45) is 2.99. The highest BCUT2D eigenvalue weighted by Gasteiger charge is 2.09. The summed E-state index contributed by atoms with van der Waals surface area (Å²) in [7, 11) is 0. The fourth-order valence-corrected chi connectivity index (χ4v) is 1.96. The van der Waals surface area contributed by atoms with Gasteiger partial charge in [-0.15, -0.1) is 0 Å². The molecule has 0 aliphatic rings. The van der Waals surface area contributed by atoms with Crippen LogP contribution < -0.4 is 10.1 Å². The van der Waals surface area contributed by atoms with Gasteiger partial charge in [-0.3, -0.25) is 4.98 Å². The van der Waals surface area contributed by atoms with Crippen LogP contribution in [0.15, 0.2) is 35.2 Å². The monoisotopic (exact) mass is 342 g/mol. The lowest BCUT2D eigenvalue weighted by Crippen LogP contribution is -2.14. The summed E-state index contributed by atoms with van der Waals surface area (Å²) < 4.78 is 9.93. The van der Waals surface area contributed by atoms with Gasteiger partial charge in [0.05, 0.1) is 23.5 Å². The van der Waals surface area contributed by atoms with Gasteiger partial charge in [-0.1, -0.05) is 5.16 Å². The number of aromatic nitrogens is 5. The van der Waals surface area contributed by atoms with E-state index in [2.05, 4.69) is 35.2 Å². The number of aryl methyl sites for hydroxylation is 1. The third kappa shape index (κ3) is 4.05. The average molecular weight is 342 g/mol. The van der Waals surface area contributed by atoms with Crippen molar-refractivity contribution in [2.75, 3.05) is 18.5 Å². The number of hydrogen-bond donors (Lipinski definition) is 2. The molecule has 0 amide bonds. The second kappa shape index (κ2) is 7.34. The Morgan fingerprint density at radius 1 is 1.24 bits per heavy atom. The number of carbonyl (C=O) groups is 1. The molecule has 0 saturated carbocycles. The molecule has 0 aromatic carbocycles. The average Bonchev–Trinajstić information content (AvgIpc) is 3.04. The van der Waals surface area contributed by atoms with E-state index >= 15 is 0 Å². The van der Waals surface area contributed by atoms with Crippen LogP contribution in [-0.2, 0) is 0 Å². The minimum Gasteiger partial charge on any atom is -0.478 e. The molecule has 0 atom stereocenters. The Hall–Kier alpha value is -3.56. The number of hydrogen-bond acceptors (Lipinski definition) is 9. The van der Waals surface area contributed by atoms with Crippen LogP contribution in [-0.4, -0.2) is 49.5 Å². The summed E-state index contributed by atoms with van der Waals surface area (Å²) >= 11 is 0. The molecule has 0 spiro atoms. The number of carboxylic acid groups (broad SMARTS) is 1. The maximum atomic E-state index is 11.0. The quantitative estimate of drug-likeness (QED) is 0.606. The van der Waals surface area contributed by atoms with Gasteiger partial charge in [-0.2, -0.15) is 0 Å². The van der Waals surface area contributed by atoms with Crippen molar-refractivity contribution < 1.29 is 19.3 Å². The predicted octanol–water partition coefficient (Wildman–Crippen LogP) is 1.42. The number of ether oxygens (including phenoxy) is 1. The number of carboxylic acids is 1. The van der Waals surface area contributed by atoms with E-state index in [-0.39, 0.29) is 5.56 Å². The van der Waals surface area contributed by atoms with Crippen LogP contribution >= 0.6 is 0 Å². The Balaban J connectivity index is 1.62. The van der Waals surface area contributed by atoms with Gasteiger partial charge in [-0.25, -0.2) is 19.4 Å². The van der Waals surface area contributed by atoms with Crippen molar-refractivity contribution in [2.45, 2.75) is 6.92 Å². The first-order valence-electron chi connectivity index (χ1n) is 7.32. The number of aromatic carboxylic acids is 1. The molecule has 0 radical (unpaired) electrons. The van der Waals surface area contributed by atoms with Gasteiger partial charge >= 0.3 is 5.97 Å². The number of nitrogens with zero attached hydrogens (tertiary/aromatic N) is 5. The summed E-state index contributed by atoms with van der Waals surface area (Å²) in [5.41, 5.74) is 1.68. The molecule has 3 heterocycles. The van der Waals surface area contributed by atoms with E-state index in [4.69, 9.17) is 9.84 Å². The molecule has 0 aliphatic carbocycles. The first kappa shape index (κ1) is 16.3. The van der Waals surface area contributed by atoms with E-state index in [1.54, 1.807) is 19.2 Å². The van der Waals surface area contributed by atoms with Crippen molar-refractivity contribution >= 4 is 11.9 Å². The maximum absolute atomic E-state index is 11.0. The van der Waals surface area contributed by atoms with Gasteiger partial charge in [0.15, 0.2) is 0 Å². The van der Waals surface area contributed by atoms with Crippen molar-refractivity contribution in [3.8, 4) is 17.3 Å². The van der Waals surface area contributed by atoms with Crippen molar-refractivity contribution in [1.82, 2.24) is 25.3 Å². The molecule has 10 nitrogen and oxygen atoms in total. The van der Waals surface area contributed by atoms with Gasteiger partial charge in [0, 0.05) is 12.4 Å². The third-order valence-electron chi connectivity index (χ3n) is 3.16. The molecule has 10 heteroatoms. The zero-order chi connectivity index (χ0) is 17.6. The minimum atomic E-state index is -1.02. The van der Waals surface area contributed by atoms with Crippen molar-refractivity contribution in [1.29, 1.82) is 0 Å². The first-order valence-corrected chi connectivity index (χ1v) is 7.32. The van der Waals surface area contributed by atoms with E-state index in [0.29, 0.717) is 42.1 Å². The summed E-state index contributed by atoms with van der Waals surface area (Å²) in [5, 5.41) is 19.3. The molecule has 0 bridgehead atoms. The Kier molecular flexibility index (Phi) is 4.79. The highest BCUT2D eigenvalue weighted by atomic mass is 16.6. The van der Waals surface area contributed by atoms with Gasteiger partial charge in [0.1, 0.15) is 12.3 Å². The fraction of sp³-hybridized carbons (Fsp3) is 0.200. The van der Waals surface area contributed by atoms with Crippen LogP contribution in [0.2, 0.25) is 0 Å². The highest BCUT2D eigenvalue weighted by molar-refractivity contribution is 5.88. The van der Waals surface area contributed by atoms with Crippen molar-refractivity contribution in [3.63, 3.8) is 0 Å². The normalized spacial score (nSPS) is 10.4. The van der Waals surface area contributed by atoms with Crippen LogP contribution in [0.1, 0.15) is 16.1 Å². The summed E-state index contributed by atoms with van der Waals surface area (Å²) in [5.74, 6) is -0.310.